The van der Waals surface area contributed by atoms with E-state index in [1.54, 1.807) is 0 Å². The van der Waals surface area contributed by atoms with Crippen molar-refractivity contribution < 1.29 is 4.74 Å². The molecule has 5 atom stereocenters. The second-order valence-electron chi connectivity index (χ2n) is 6.87. The molecule has 0 saturated heterocycles. The van der Waals surface area contributed by atoms with Crippen LogP contribution in [0.5, 0.6) is 0 Å². The predicted molar refractivity (Wildman–Crippen MR) is 76.7 cm³/mol. The molecule has 2 aliphatic rings. The lowest BCUT2D eigenvalue weighted by Gasteiger charge is -2.39. The van der Waals surface area contributed by atoms with Gasteiger partial charge >= 0.3 is 0 Å². The van der Waals surface area contributed by atoms with Gasteiger partial charge in [-0.15, -0.1) is 0 Å². The molecule has 0 aromatic rings. The van der Waals surface area contributed by atoms with E-state index in [1.165, 1.54) is 38.5 Å². The summed E-state index contributed by atoms with van der Waals surface area (Å²) in [5, 5.41) is 3.43. The average molecular weight is 253 g/mol. The van der Waals surface area contributed by atoms with Crippen molar-refractivity contribution >= 4 is 0 Å². The standard InChI is InChI=1S/C16H31NO/c1-11(2)13-9-8-12(3)10-16(13)18-15-7-5-6-14(15)17-4/h11-17H,5-10H2,1-4H3. The second-order valence-corrected chi connectivity index (χ2v) is 6.87. The van der Waals surface area contributed by atoms with Gasteiger partial charge in [0.25, 0.3) is 0 Å². The predicted octanol–water partition coefficient (Wildman–Crippen LogP) is 3.60. The van der Waals surface area contributed by atoms with Crippen molar-refractivity contribution in [2.24, 2.45) is 17.8 Å². The van der Waals surface area contributed by atoms with E-state index in [2.05, 4.69) is 33.1 Å². The lowest BCUT2D eigenvalue weighted by molar-refractivity contribution is -0.0846. The molecule has 18 heavy (non-hydrogen) atoms. The van der Waals surface area contributed by atoms with Crippen LogP contribution >= 0.6 is 0 Å². The van der Waals surface area contributed by atoms with Gasteiger partial charge in [0.05, 0.1) is 12.2 Å². The van der Waals surface area contributed by atoms with Gasteiger partial charge in [-0.3, -0.25) is 0 Å². The van der Waals surface area contributed by atoms with E-state index < -0.39 is 0 Å². The monoisotopic (exact) mass is 253 g/mol. The van der Waals surface area contributed by atoms with Gasteiger partial charge in [0.15, 0.2) is 0 Å². The van der Waals surface area contributed by atoms with Crippen molar-refractivity contribution in [3.05, 3.63) is 0 Å². The molecular formula is C16H31NO. The molecule has 2 aliphatic carbocycles. The number of ether oxygens (including phenoxy) is 1. The van der Waals surface area contributed by atoms with Crippen LogP contribution in [0.2, 0.25) is 0 Å². The second kappa shape index (κ2) is 6.38. The van der Waals surface area contributed by atoms with Crippen LogP contribution in [-0.4, -0.2) is 25.3 Å². The minimum Gasteiger partial charge on any atom is -0.373 e. The Morgan fingerprint density at radius 3 is 2.50 bits per heavy atom. The first-order valence-corrected chi connectivity index (χ1v) is 7.94. The van der Waals surface area contributed by atoms with E-state index in [4.69, 9.17) is 4.74 Å². The first-order valence-electron chi connectivity index (χ1n) is 7.94. The molecule has 0 aromatic carbocycles. The summed E-state index contributed by atoms with van der Waals surface area (Å²) >= 11 is 0. The SMILES string of the molecule is CNC1CCCC1OC1CC(C)CCC1C(C)C. The largest absolute Gasteiger partial charge is 0.373 e. The highest BCUT2D eigenvalue weighted by Gasteiger charge is 2.36. The van der Waals surface area contributed by atoms with Crippen molar-refractivity contribution in [3.63, 3.8) is 0 Å². The number of hydrogen-bond donors (Lipinski definition) is 1. The summed E-state index contributed by atoms with van der Waals surface area (Å²) in [7, 11) is 2.08. The molecule has 0 spiro atoms. The molecule has 2 fully saturated rings. The third kappa shape index (κ3) is 3.27. The highest BCUT2D eigenvalue weighted by atomic mass is 16.5. The quantitative estimate of drug-likeness (QED) is 0.826. The molecule has 0 aliphatic heterocycles. The summed E-state index contributed by atoms with van der Waals surface area (Å²) in [5.41, 5.74) is 0. The number of likely N-dealkylation sites (N-methyl/N-ethyl adjacent to an activating group) is 1. The van der Waals surface area contributed by atoms with Crippen molar-refractivity contribution in [2.75, 3.05) is 7.05 Å². The van der Waals surface area contributed by atoms with E-state index in [0.717, 1.165) is 17.8 Å². The normalized spacial score (nSPS) is 41.5. The lowest BCUT2D eigenvalue weighted by atomic mass is 9.75. The zero-order valence-electron chi connectivity index (χ0n) is 12.6. The molecule has 0 heterocycles. The molecule has 1 N–H and O–H groups in total. The lowest BCUT2D eigenvalue weighted by Crippen LogP contribution is -2.42. The van der Waals surface area contributed by atoms with Gasteiger partial charge in [-0.2, -0.15) is 0 Å². The van der Waals surface area contributed by atoms with Gasteiger partial charge in [0, 0.05) is 6.04 Å². The Morgan fingerprint density at radius 1 is 1.06 bits per heavy atom. The van der Waals surface area contributed by atoms with Gasteiger partial charge < -0.3 is 10.1 Å². The molecular weight excluding hydrogens is 222 g/mol. The van der Waals surface area contributed by atoms with E-state index in [9.17, 15) is 0 Å². The Labute approximate surface area is 113 Å². The molecule has 2 heteroatoms. The van der Waals surface area contributed by atoms with Gasteiger partial charge in [0.1, 0.15) is 0 Å². The van der Waals surface area contributed by atoms with E-state index in [1.807, 2.05) is 0 Å². The molecule has 2 rings (SSSR count). The maximum absolute atomic E-state index is 6.54. The van der Waals surface area contributed by atoms with Crippen LogP contribution in [0.4, 0.5) is 0 Å². The molecule has 0 aromatic heterocycles. The van der Waals surface area contributed by atoms with Gasteiger partial charge in [-0.1, -0.05) is 27.2 Å². The molecule has 0 amide bonds. The van der Waals surface area contributed by atoms with Crippen LogP contribution in [0.3, 0.4) is 0 Å². The van der Waals surface area contributed by atoms with E-state index in [0.29, 0.717) is 18.2 Å². The fourth-order valence-corrected chi connectivity index (χ4v) is 3.91. The topological polar surface area (TPSA) is 21.3 Å². The molecule has 106 valence electrons. The van der Waals surface area contributed by atoms with Crippen molar-refractivity contribution in [1.82, 2.24) is 5.32 Å². The van der Waals surface area contributed by atoms with Crippen LogP contribution < -0.4 is 5.32 Å². The zero-order chi connectivity index (χ0) is 13.1. The summed E-state index contributed by atoms with van der Waals surface area (Å²) in [6, 6.07) is 0.593. The zero-order valence-corrected chi connectivity index (χ0v) is 12.6. The van der Waals surface area contributed by atoms with Crippen LogP contribution in [0.25, 0.3) is 0 Å². The summed E-state index contributed by atoms with van der Waals surface area (Å²) in [6.45, 7) is 7.11. The number of rotatable bonds is 4. The first kappa shape index (κ1) is 14.3. The minimum atomic E-state index is 0.464. The van der Waals surface area contributed by atoms with Crippen molar-refractivity contribution in [2.45, 2.75) is 77.5 Å². The maximum Gasteiger partial charge on any atom is 0.0731 e. The summed E-state index contributed by atoms with van der Waals surface area (Å²) in [6.07, 6.45) is 8.86. The van der Waals surface area contributed by atoms with Gasteiger partial charge in [0.2, 0.25) is 0 Å². The minimum absolute atomic E-state index is 0.464. The Hall–Kier alpha value is -0.0800. The van der Waals surface area contributed by atoms with E-state index in [-0.39, 0.29) is 0 Å². The van der Waals surface area contributed by atoms with Crippen molar-refractivity contribution in [3.8, 4) is 0 Å². The van der Waals surface area contributed by atoms with Gasteiger partial charge in [-0.25, -0.2) is 0 Å². The molecule has 0 radical (unpaired) electrons. The Bertz CT molecular complexity index is 253. The summed E-state index contributed by atoms with van der Waals surface area (Å²) in [4.78, 5) is 0. The van der Waals surface area contributed by atoms with Crippen molar-refractivity contribution in [1.29, 1.82) is 0 Å². The fraction of sp³-hybridized carbons (Fsp3) is 1.00. The summed E-state index contributed by atoms with van der Waals surface area (Å²) in [5.74, 6) is 2.38. The highest BCUT2D eigenvalue weighted by Crippen LogP contribution is 2.37. The van der Waals surface area contributed by atoms with Crippen LogP contribution in [0, 0.1) is 17.8 Å². The average Bonchev–Trinajstić information content (AvgIpc) is 2.76. The van der Waals surface area contributed by atoms with E-state index >= 15 is 0 Å². The molecule has 5 unspecified atom stereocenters. The third-order valence-corrected chi connectivity index (χ3v) is 5.13. The fourth-order valence-electron chi connectivity index (χ4n) is 3.91. The first-order chi connectivity index (χ1) is 8.61. The Morgan fingerprint density at radius 2 is 1.83 bits per heavy atom. The number of nitrogens with one attached hydrogen (secondary N) is 1. The van der Waals surface area contributed by atoms with Crippen LogP contribution in [0.1, 0.15) is 59.3 Å². The smallest absolute Gasteiger partial charge is 0.0731 e. The number of hydrogen-bond acceptors (Lipinski definition) is 2. The Balaban J connectivity index is 1.95. The van der Waals surface area contributed by atoms with Gasteiger partial charge in [-0.05, 0) is 56.9 Å². The highest BCUT2D eigenvalue weighted by molar-refractivity contribution is 4.87. The third-order valence-electron chi connectivity index (χ3n) is 5.13. The van der Waals surface area contributed by atoms with Crippen LogP contribution in [0.15, 0.2) is 0 Å². The summed E-state index contributed by atoms with van der Waals surface area (Å²) < 4.78 is 6.54. The molecule has 2 nitrogen and oxygen atoms in total. The van der Waals surface area contributed by atoms with Crippen LogP contribution in [-0.2, 0) is 4.74 Å². The maximum atomic E-state index is 6.54. The molecule has 0 bridgehead atoms. The molecule has 2 saturated carbocycles. The Kier molecular flexibility index (Phi) is 5.08.